The summed E-state index contributed by atoms with van der Waals surface area (Å²) in [7, 11) is 0. The van der Waals surface area contributed by atoms with Crippen LogP contribution in [0.2, 0.25) is 0 Å². The Bertz CT molecular complexity index is 627. The molecule has 0 aliphatic carbocycles. The van der Waals surface area contributed by atoms with E-state index in [9.17, 15) is 14.7 Å². The molecule has 0 radical (unpaired) electrons. The Morgan fingerprint density at radius 3 is 1.96 bits per heavy atom. The number of carboxylic acids is 1. The van der Waals surface area contributed by atoms with Crippen LogP contribution in [0.15, 0.2) is 30.3 Å². The zero-order chi connectivity index (χ0) is 20.3. The number of benzene rings is 1. The van der Waals surface area contributed by atoms with E-state index >= 15 is 0 Å². The highest BCUT2D eigenvalue weighted by Crippen LogP contribution is 2.32. The minimum absolute atomic E-state index is 0.0507. The topological polar surface area (TPSA) is 92.9 Å². The second-order valence-corrected chi connectivity index (χ2v) is 8.93. The molecule has 146 valence electrons. The van der Waals surface area contributed by atoms with Crippen molar-refractivity contribution in [1.29, 1.82) is 0 Å². The summed E-state index contributed by atoms with van der Waals surface area (Å²) < 4.78 is 5.48. The molecule has 1 aromatic carbocycles. The molecule has 0 aromatic heterocycles. The molecule has 1 rings (SSSR count). The Balaban J connectivity index is 3.40. The smallest absolute Gasteiger partial charge is 0.411 e. The number of carbonyl (C=O) groups is 2. The van der Waals surface area contributed by atoms with Crippen LogP contribution in [0, 0.1) is 0 Å². The molecule has 6 heteroatoms. The van der Waals surface area contributed by atoms with Crippen molar-refractivity contribution in [3.8, 4) is 0 Å². The number of hydrogen-bond donors (Lipinski definition) is 2. The third kappa shape index (κ3) is 6.02. The van der Waals surface area contributed by atoms with Gasteiger partial charge in [-0.1, -0.05) is 44.2 Å². The summed E-state index contributed by atoms with van der Waals surface area (Å²) in [6, 6.07) is 8.14. The van der Waals surface area contributed by atoms with Crippen molar-refractivity contribution >= 4 is 12.1 Å². The Morgan fingerprint density at radius 1 is 1.08 bits per heavy atom. The predicted octanol–water partition coefficient (Wildman–Crippen LogP) is 3.39. The van der Waals surface area contributed by atoms with Gasteiger partial charge < -0.3 is 15.6 Å². The van der Waals surface area contributed by atoms with Gasteiger partial charge in [-0.3, -0.25) is 4.90 Å². The van der Waals surface area contributed by atoms with Crippen LogP contribution in [0.3, 0.4) is 0 Å². The number of nitrogens with two attached hydrogens (primary N) is 1. The summed E-state index contributed by atoms with van der Waals surface area (Å²) in [6.07, 6.45) is -0.688. The Kier molecular flexibility index (Phi) is 6.47. The first kappa shape index (κ1) is 22.0. The van der Waals surface area contributed by atoms with Crippen molar-refractivity contribution in [2.24, 2.45) is 5.73 Å². The van der Waals surface area contributed by atoms with Crippen LogP contribution in [0.1, 0.15) is 54.0 Å². The highest BCUT2D eigenvalue weighted by molar-refractivity contribution is 5.82. The number of nitrogens with zero attached hydrogens (tertiary/aromatic N) is 1. The van der Waals surface area contributed by atoms with E-state index in [4.69, 9.17) is 10.5 Å². The van der Waals surface area contributed by atoms with Crippen LogP contribution >= 0.6 is 0 Å². The molecule has 0 aliphatic heterocycles. The Morgan fingerprint density at radius 2 is 1.58 bits per heavy atom. The zero-order valence-corrected chi connectivity index (χ0v) is 16.9. The Labute approximate surface area is 156 Å². The number of carboxylic acid groups (broad SMARTS) is 1. The minimum atomic E-state index is -1.14. The van der Waals surface area contributed by atoms with Crippen LogP contribution in [0.4, 0.5) is 4.79 Å². The molecule has 0 aliphatic rings. The van der Waals surface area contributed by atoms with Gasteiger partial charge in [-0.05, 0) is 40.2 Å². The number of rotatable bonds is 6. The lowest BCUT2D eigenvalue weighted by molar-refractivity contribution is -0.146. The third-order valence-corrected chi connectivity index (χ3v) is 3.95. The molecule has 0 fully saturated rings. The SMILES string of the molecule is CC(C)(N)CN(C(=O)OC(C)(C)C)[C@@H](C(=O)O)C(C)(C)c1ccccc1. The number of carbonyl (C=O) groups excluding carboxylic acids is 1. The maximum Gasteiger partial charge on any atom is 0.411 e. The molecular formula is C20H32N2O4. The van der Waals surface area contributed by atoms with E-state index < -0.39 is 34.7 Å². The average molecular weight is 364 g/mol. The summed E-state index contributed by atoms with van der Waals surface area (Å²) >= 11 is 0. The monoisotopic (exact) mass is 364 g/mol. The third-order valence-electron chi connectivity index (χ3n) is 3.95. The van der Waals surface area contributed by atoms with Crippen molar-refractivity contribution in [1.82, 2.24) is 4.90 Å². The normalized spacial score (nSPS) is 13.8. The number of amides is 1. The zero-order valence-electron chi connectivity index (χ0n) is 16.9. The van der Waals surface area contributed by atoms with Gasteiger partial charge in [0.1, 0.15) is 11.6 Å². The lowest BCUT2D eigenvalue weighted by Gasteiger charge is -2.42. The van der Waals surface area contributed by atoms with E-state index in [1.165, 1.54) is 4.90 Å². The lowest BCUT2D eigenvalue weighted by Crippen LogP contribution is -2.60. The van der Waals surface area contributed by atoms with Gasteiger partial charge in [-0.15, -0.1) is 0 Å². The van der Waals surface area contributed by atoms with E-state index in [1.807, 2.05) is 44.2 Å². The van der Waals surface area contributed by atoms with Crippen LogP contribution in [-0.2, 0) is 14.9 Å². The Hall–Kier alpha value is -2.08. The van der Waals surface area contributed by atoms with E-state index in [1.54, 1.807) is 34.6 Å². The summed E-state index contributed by atoms with van der Waals surface area (Å²) in [5.74, 6) is -1.10. The molecular weight excluding hydrogens is 332 g/mol. The summed E-state index contributed by atoms with van der Waals surface area (Å²) in [6.45, 7) is 12.4. The molecule has 3 N–H and O–H groups in total. The molecule has 1 atom stereocenters. The molecule has 0 unspecified atom stereocenters. The van der Waals surface area contributed by atoms with E-state index in [-0.39, 0.29) is 6.54 Å². The van der Waals surface area contributed by atoms with Crippen molar-refractivity contribution in [2.45, 2.75) is 71.1 Å². The highest BCUT2D eigenvalue weighted by atomic mass is 16.6. The van der Waals surface area contributed by atoms with Crippen LogP contribution < -0.4 is 5.73 Å². The van der Waals surface area contributed by atoms with Gasteiger partial charge in [0.2, 0.25) is 0 Å². The first-order chi connectivity index (χ1) is 11.6. The lowest BCUT2D eigenvalue weighted by atomic mass is 9.76. The molecule has 0 saturated carbocycles. The van der Waals surface area contributed by atoms with Gasteiger partial charge in [0.05, 0.1) is 0 Å². The second-order valence-electron chi connectivity index (χ2n) is 8.93. The van der Waals surface area contributed by atoms with E-state index in [0.717, 1.165) is 5.56 Å². The summed E-state index contributed by atoms with van der Waals surface area (Å²) in [5.41, 5.74) is 4.56. The van der Waals surface area contributed by atoms with Gasteiger partial charge in [0.15, 0.2) is 0 Å². The predicted molar refractivity (Wildman–Crippen MR) is 102 cm³/mol. The standard InChI is InChI=1S/C20H32N2O4/c1-18(2,3)26-17(25)22(13-19(4,5)21)15(16(23)24)20(6,7)14-11-9-8-10-12-14/h8-12,15H,13,21H2,1-7H3,(H,23,24)/t15-/m0/s1. The molecule has 6 nitrogen and oxygen atoms in total. The number of hydrogen-bond acceptors (Lipinski definition) is 4. The van der Waals surface area contributed by atoms with Crippen molar-refractivity contribution in [3.05, 3.63) is 35.9 Å². The first-order valence-electron chi connectivity index (χ1n) is 8.72. The van der Waals surface area contributed by atoms with Crippen molar-refractivity contribution in [3.63, 3.8) is 0 Å². The van der Waals surface area contributed by atoms with E-state index in [2.05, 4.69) is 0 Å². The molecule has 1 amide bonds. The average Bonchev–Trinajstić information content (AvgIpc) is 2.43. The summed E-state index contributed by atoms with van der Waals surface area (Å²) in [5, 5.41) is 9.99. The maximum absolute atomic E-state index is 12.8. The molecule has 26 heavy (non-hydrogen) atoms. The molecule has 0 heterocycles. The van der Waals surface area contributed by atoms with Crippen molar-refractivity contribution in [2.75, 3.05) is 6.54 Å². The van der Waals surface area contributed by atoms with Gasteiger partial charge in [0, 0.05) is 17.5 Å². The largest absolute Gasteiger partial charge is 0.480 e. The number of aliphatic carboxylic acids is 1. The van der Waals surface area contributed by atoms with Gasteiger partial charge in [-0.25, -0.2) is 9.59 Å². The first-order valence-corrected chi connectivity index (χ1v) is 8.72. The fourth-order valence-corrected chi connectivity index (χ4v) is 2.88. The van der Waals surface area contributed by atoms with Gasteiger partial charge in [0.25, 0.3) is 0 Å². The fraction of sp³-hybridized carbons (Fsp3) is 0.600. The fourth-order valence-electron chi connectivity index (χ4n) is 2.88. The molecule has 0 saturated heterocycles. The molecule has 1 aromatic rings. The molecule has 0 bridgehead atoms. The second kappa shape index (κ2) is 7.66. The van der Waals surface area contributed by atoms with Gasteiger partial charge >= 0.3 is 12.1 Å². The van der Waals surface area contributed by atoms with Crippen LogP contribution in [0.25, 0.3) is 0 Å². The van der Waals surface area contributed by atoms with Crippen molar-refractivity contribution < 1.29 is 19.4 Å². The minimum Gasteiger partial charge on any atom is -0.480 e. The molecule has 0 spiro atoms. The van der Waals surface area contributed by atoms with Gasteiger partial charge in [-0.2, -0.15) is 0 Å². The maximum atomic E-state index is 12.8. The highest BCUT2D eigenvalue weighted by Gasteiger charge is 2.45. The summed E-state index contributed by atoms with van der Waals surface area (Å²) in [4.78, 5) is 26.3. The number of ether oxygens (including phenoxy) is 1. The van der Waals surface area contributed by atoms with E-state index in [0.29, 0.717) is 0 Å². The van der Waals surface area contributed by atoms with Crippen LogP contribution in [-0.4, -0.2) is 45.8 Å². The quantitative estimate of drug-likeness (QED) is 0.807. The van der Waals surface area contributed by atoms with Crippen LogP contribution in [0.5, 0.6) is 0 Å².